The van der Waals surface area contributed by atoms with Gasteiger partial charge in [0, 0.05) is 12.6 Å². The lowest BCUT2D eigenvalue weighted by molar-refractivity contribution is -0.135. The van der Waals surface area contributed by atoms with E-state index in [1.54, 1.807) is 4.90 Å². The Kier molecular flexibility index (Phi) is 5.68. The van der Waals surface area contributed by atoms with Crippen molar-refractivity contribution in [3.8, 4) is 5.75 Å². The predicted molar refractivity (Wildman–Crippen MR) is 90.5 cm³/mol. The zero-order valence-corrected chi connectivity index (χ0v) is 14.8. The molecule has 6 heteroatoms. The number of nitrogens with zero attached hydrogens (tertiary/aromatic N) is 1. The second-order valence-electron chi connectivity index (χ2n) is 6.25. The first kappa shape index (κ1) is 17.8. The Morgan fingerprint density at radius 1 is 1.30 bits per heavy atom. The second-order valence-corrected chi connectivity index (χ2v) is 8.48. The van der Waals surface area contributed by atoms with Gasteiger partial charge in [0.05, 0.1) is 11.5 Å². The van der Waals surface area contributed by atoms with Gasteiger partial charge in [-0.25, -0.2) is 8.42 Å². The SMILES string of the molecule is CCN(C(=O)COc1ccc(C(C)C)cc1)[C@@H]1CCS(=O)(=O)C1. The molecular weight excluding hydrogens is 314 g/mol. The molecule has 0 N–H and O–H groups in total. The minimum atomic E-state index is -3.00. The summed E-state index contributed by atoms with van der Waals surface area (Å²) >= 11 is 0. The lowest BCUT2D eigenvalue weighted by Crippen LogP contribution is -2.43. The highest BCUT2D eigenvalue weighted by atomic mass is 32.2. The fraction of sp³-hybridized carbons (Fsp3) is 0.588. The van der Waals surface area contributed by atoms with Crippen LogP contribution in [0.1, 0.15) is 38.7 Å². The molecule has 1 fully saturated rings. The van der Waals surface area contributed by atoms with E-state index >= 15 is 0 Å². The Hall–Kier alpha value is -1.56. The molecule has 5 nitrogen and oxygen atoms in total. The molecule has 0 saturated carbocycles. The topological polar surface area (TPSA) is 63.7 Å². The number of hydrogen-bond acceptors (Lipinski definition) is 4. The van der Waals surface area contributed by atoms with Gasteiger partial charge in [-0.15, -0.1) is 0 Å². The smallest absolute Gasteiger partial charge is 0.260 e. The molecule has 0 spiro atoms. The third-order valence-corrected chi connectivity index (χ3v) is 5.97. The van der Waals surface area contributed by atoms with E-state index < -0.39 is 9.84 Å². The van der Waals surface area contributed by atoms with Crippen molar-refractivity contribution in [2.45, 2.75) is 39.2 Å². The van der Waals surface area contributed by atoms with Crippen LogP contribution < -0.4 is 4.74 Å². The maximum Gasteiger partial charge on any atom is 0.260 e. The van der Waals surface area contributed by atoms with Crippen LogP contribution in [0.5, 0.6) is 5.75 Å². The summed E-state index contributed by atoms with van der Waals surface area (Å²) in [4.78, 5) is 13.9. The van der Waals surface area contributed by atoms with Gasteiger partial charge in [-0.1, -0.05) is 26.0 Å². The van der Waals surface area contributed by atoms with E-state index in [1.807, 2.05) is 31.2 Å². The number of benzene rings is 1. The van der Waals surface area contributed by atoms with Gasteiger partial charge in [-0.2, -0.15) is 0 Å². The largest absolute Gasteiger partial charge is 0.484 e. The van der Waals surface area contributed by atoms with Crippen molar-refractivity contribution in [3.05, 3.63) is 29.8 Å². The molecule has 1 aliphatic heterocycles. The Labute approximate surface area is 138 Å². The Bertz CT molecular complexity index is 637. The zero-order valence-electron chi connectivity index (χ0n) is 14.0. The van der Waals surface area contributed by atoms with Gasteiger partial charge in [-0.05, 0) is 37.0 Å². The summed E-state index contributed by atoms with van der Waals surface area (Å²) in [5.41, 5.74) is 1.22. The molecule has 1 heterocycles. The van der Waals surface area contributed by atoms with Crippen LogP contribution in [-0.4, -0.2) is 49.9 Å². The molecule has 1 aliphatic rings. The molecule has 1 saturated heterocycles. The molecule has 0 radical (unpaired) electrons. The van der Waals surface area contributed by atoms with Crippen molar-refractivity contribution < 1.29 is 17.9 Å². The summed E-state index contributed by atoms with van der Waals surface area (Å²) in [5, 5.41) is 0. The van der Waals surface area contributed by atoms with Crippen LogP contribution >= 0.6 is 0 Å². The number of rotatable bonds is 6. The van der Waals surface area contributed by atoms with Crippen molar-refractivity contribution in [2.24, 2.45) is 0 Å². The number of hydrogen-bond donors (Lipinski definition) is 0. The van der Waals surface area contributed by atoms with Crippen LogP contribution in [0, 0.1) is 0 Å². The summed E-state index contributed by atoms with van der Waals surface area (Å²) < 4.78 is 28.7. The first-order valence-corrected chi connectivity index (χ1v) is 9.87. The Morgan fingerprint density at radius 3 is 2.43 bits per heavy atom. The van der Waals surface area contributed by atoms with E-state index in [9.17, 15) is 13.2 Å². The van der Waals surface area contributed by atoms with Crippen LogP contribution in [0.2, 0.25) is 0 Å². The maximum atomic E-state index is 12.3. The molecule has 1 aromatic carbocycles. The fourth-order valence-electron chi connectivity index (χ4n) is 2.84. The Morgan fingerprint density at radius 2 is 1.96 bits per heavy atom. The molecule has 0 aromatic heterocycles. The van der Waals surface area contributed by atoms with E-state index in [4.69, 9.17) is 4.74 Å². The lowest BCUT2D eigenvalue weighted by atomic mass is 10.0. The molecule has 0 bridgehead atoms. The quantitative estimate of drug-likeness (QED) is 0.797. The van der Waals surface area contributed by atoms with Crippen LogP contribution in [0.3, 0.4) is 0 Å². The summed E-state index contributed by atoms with van der Waals surface area (Å²) in [5.74, 6) is 1.17. The standard InChI is InChI=1S/C17H25NO4S/c1-4-18(15-9-10-23(20,21)12-15)17(19)11-22-16-7-5-14(6-8-16)13(2)3/h5-8,13,15H,4,9-12H2,1-3H3/t15-/m1/s1. The minimum Gasteiger partial charge on any atom is -0.484 e. The molecule has 2 rings (SSSR count). The summed E-state index contributed by atoms with van der Waals surface area (Å²) in [7, 11) is -3.00. The predicted octanol–water partition coefficient (Wildman–Crippen LogP) is 2.22. The van der Waals surface area contributed by atoms with Crippen LogP contribution in [-0.2, 0) is 14.6 Å². The first-order valence-electron chi connectivity index (χ1n) is 8.05. The van der Waals surface area contributed by atoms with Gasteiger partial charge < -0.3 is 9.64 Å². The maximum absolute atomic E-state index is 12.3. The van der Waals surface area contributed by atoms with Crippen molar-refractivity contribution in [3.63, 3.8) is 0 Å². The third-order valence-electron chi connectivity index (χ3n) is 4.22. The van der Waals surface area contributed by atoms with Crippen LogP contribution in [0.25, 0.3) is 0 Å². The molecule has 23 heavy (non-hydrogen) atoms. The van der Waals surface area contributed by atoms with E-state index in [-0.39, 0.29) is 30.1 Å². The van der Waals surface area contributed by atoms with Crippen molar-refractivity contribution in [2.75, 3.05) is 24.7 Å². The van der Waals surface area contributed by atoms with Gasteiger partial charge in [-0.3, -0.25) is 4.79 Å². The highest BCUT2D eigenvalue weighted by Gasteiger charge is 2.33. The third kappa shape index (κ3) is 4.70. The minimum absolute atomic E-state index is 0.0641. The van der Waals surface area contributed by atoms with E-state index in [0.717, 1.165) is 0 Å². The molecule has 0 unspecified atom stereocenters. The molecule has 1 aromatic rings. The normalized spacial score (nSPS) is 19.7. The molecule has 0 aliphatic carbocycles. The fourth-order valence-corrected chi connectivity index (χ4v) is 4.57. The average Bonchev–Trinajstić information content (AvgIpc) is 2.86. The summed E-state index contributed by atoms with van der Waals surface area (Å²) in [6.07, 6.45) is 0.519. The molecular formula is C17H25NO4S. The number of ether oxygens (including phenoxy) is 1. The van der Waals surface area contributed by atoms with Crippen LogP contribution in [0.4, 0.5) is 0 Å². The Balaban J connectivity index is 1.92. The van der Waals surface area contributed by atoms with E-state index in [2.05, 4.69) is 13.8 Å². The highest BCUT2D eigenvalue weighted by molar-refractivity contribution is 7.91. The lowest BCUT2D eigenvalue weighted by Gasteiger charge is -2.26. The van der Waals surface area contributed by atoms with E-state index in [1.165, 1.54) is 5.56 Å². The van der Waals surface area contributed by atoms with Gasteiger partial charge in [0.15, 0.2) is 16.4 Å². The monoisotopic (exact) mass is 339 g/mol. The molecule has 1 atom stereocenters. The average molecular weight is 339 g/mol. The summed E-state index contributed by atoms with van der Waals surface area (Å²) in [6.45, 7) is 6.53. The first-order chi connectivity index (χ1) is 10.8. The highest BCUT2D eigenvalue weighted by Crippen LogP contribution is 2.20. The van der Waals surface area contributed by atoms with Crippen molar-refractivity contribution in [1.29, 1.82) is 0 Å². The van der Waals surface area contributed by atoms with Gasteiger partial charge in [0.25, 0.3) is 5.91 Å². The van der Waals surface area contributed by atoms with Crippen molar-refractivity contribution in [1.82, 2.24) is 4.90 Å². The van der Waals surface area contributed by atoms with Crippen LogP contribution in [0.15, 0.2) is 24.3 Å². The van der Waals surface area contributed by atoms with Crippen molar-refractivity contribution >= 4 is 15.7 Å². The van der Waals surface area contributed by atoms with Gasteiger partial charge in [0.2, 0.25) is 0 Å². The van der Waals surface area contributed by atoms with Gasteiger partial charge in [0.1, 0.15) is 5.75 Å². The molecule has 1 amide bonds. The number of carbonyl (C=O) groups excluding carboxylic acids is 1. The number of amides is 1. The number of carbonyl (C=O) groups is 1. The zero-order chi connectivity index (χ0) is 17.0. The number of likely N-dealkylation sites (N-methyl/N-ethyl adjacent to an activating group) is 1. The molecule has 128 valence electrons. The second kappa shape index (κ2) is 7.34. The number of sulfone groups is 1. The van der Waals surface area contributed by atoms with Gasteiger partial charge >= 0.3 is 0 Å². The summed E-state index contributed by atoms with van der Waals surface area (Å²) in [6, 6.07) is 7.49. The van der Waals surface area contributed by atoms with E-state index in [0.29, 0.717) is 24.6 Å².